The van der Waals surface area contributed by atoms with Gasteiger partial charge in [0, 0.05) is 32.2 Å². The molecular formula is C14H18FN3O2. The Balaban J connectivity index is 1.98. The fourth-order valence-corrected chi connectivity index (χ4v) is 2.35. The van der Waals surface area contributed by atoms with Crippen LogP contribution in [0.5, 0.6) is 0 Å². The molecule has 1 saturated heterocycles. The molecule has 1 aliphatic rings. The minimum Gasteiger partial charge on any atom is -0.352 e. The molecule has 2 atom stereocenters. The molecular weight excluding hydrogens is 261 g/mol. The van der Waals surface area contributed by atoms with E-state index in [9.17, 15) is 14.0 Å². The Kier molecular flexibility index (Phi) is 4.34. The molecule has 2 rings (SSSR count). The van der Waals surface area contributed by atoms with E-state index in [4.69, 9.17) is 0 Å². The first-order valence-corrected chi connectivity index (χ1v) is 6.51. The molecule has 0 saturated carbocycles. The summed E-state index contributed by atoms with van der Waals surface area (Å²) in [5.74, 6) is -0.527. The summed E-state index contributed by atoms with van der Waals surface area (Å²) in [4.78, 5) is 24.8. The third-order valence-corrected chi connectivity index (χ3v) is 3.38. The van der Waals surface area contributed by atoms with Crippen molar-refractivity contribution in [3.05, 3.63) is 30.1 Å². The first-order chi connectivity index (χ1) is 9.47. The molecule has 2 N–H and O–H groups in total. The van der Waals surface area contributed by atoms with Gasteiger partial charge in [0.05, 0.1) is 6.04 Å². The number of nitrogens with one attached hydrogen (secondary N) is 2. The number of nitrogens with zero attached hydrogens (tertiary/aromatic N) is 1. The van der Waals surface area contributed by atoms with Gasteiger partial charge in [0.15, 0.2) is 0 Å². The van der Waals surface area contributed by atoms with Crippen LogP contribution in [0.2, 0.25) is 0 Å². The molecule has 108 valence electrons. The standard InChI is InChI=1S/C14H18FN3O2/c1-9(19)17-11-7-13(16-8-11)14(20)18(2)12-5-3-10(15)4-6-12/h3-6,11,13,16H,7-8H2,1-2H3,(H,17,19)/t11-,13-/m0/s1. The van der Waals surface area contributed by atoms with Gasteiger partial charge in [0.25, 0.3) is 0 Å². The minimum absolute atomic E-state index is 0.0249. The van der Waals surface area contributed by atoms with Crippen LogP contribution in [0.15, 0.2) is 24.3 Å². The van der Waals surface area contributed by atoms with Gasteiger partial charge in [-0.25, -0.2) is 4.39 Å². The molecule has 1 aromatic carbocycles. The van der Waals surface area contributed by atoms with Crippen LogP contribution in [0.4, 0.5) is 10.1 Å². The maximum Gasteiger partial charge on any atom is 0.243 e. The van der Waals surface area contributed by atoms with Crippen molar-refractivity contribution in [2.24, 2.45) is 0 Å². The second-order valence-electron chi connectivity index (χ2n) is 4.97. The van der Waals surface area contributed by atoms with Gasteiger partial charge >= 0.3 is 0 Å². The molecule has 20 heavy (non-hydrogen) atoms. The lowest BCUT2D eigenvalue weighted by molar-refractivity contribution is -0.121. The Morgan fingerprint density at radius 1 is 1.35 bits per heavy atom. The van der Waals surface area contributed by atoms with E-state index >= 15 is 0 Å². The van der Waals surface area contributed by atoms with Crippen LogP contribution in [0.1, 0.15) is 13.3 Å². The monoisotopic (exact) mass is 279 g/mol. The molecule has 1 aromatic rings. The summed E-state index contributed by atoms with van der Waals surface area (Å²) >= 11 is 0. The zero-order chi connectivity index (χ0) is 14.7. The van der Waals surface area contributed by atoms with Crippen molar-refractivity contribution in [3.63, 3.8) is 0 Å². The van der Waals surface area contributed by atoms with Gasteiger partial charge in [0.1, 0.15) is 5.82 Å². The molecule has 0 unspecified atom stereocenters. The van der Waals surface area contributed by atoms with Crippen LogP contribution in [0.25, 0.3) is 0 Å². The van der Waals surface area contributed by atoms with Gasteiger partial charge in [-0.05, 0) is 30.7 Å². The number of anilines is 1. The second-order valence-corrected chi connectivity index (χ2v) is 4.97. The maximum absolute atomic E-state index is 12.9. The molecule has 0 aliphatic carbocycles. The molecule has 0 spiro atoms. The zero-order valence-electron chi connectivity index (χ0n) is 11.5. The number of benzene rings is 1. The Morgan fingerprint density at radius 2 is 2.00 bits per heavy atom. The fraction of sp³-hybridized carbons (Fsp3) is 0.429. The summed E-state index contributed by atoms with van der Waals surface area (Å²) in [7, 11) is 1.66. The molecule has 6 heteroatoms. The lowest BCUT2D eigenvalue weighted by atomic mass is 10.1. The Morgan fingerprint density at radius 3 is 2.60 bits per heavy atom. The Bertz CT molecular complexity index is 504. The summed E-state index contributed by atoms with van der Waals surface area (Å²) in [5, 5.41) is 5.88. The molecule has 0 bridgehead atoms. The third-order valence-electron chi connectivity index (χ3n) is 3.38. The van der Waals surface area contributed by atoms with E-state index in [1.54, 1.807) is 19.2 Å². The van der Waals surface area contributed by atoms with E-state index in [1.807, 2.05) is 0 Å². The number of likely N-dealkylation sites (N-methyl/N-ethyl adjacent to an activating group) is 1. The largest absolute Gasteiger partial charge is 0.352 e. The summed E-state index contributed by atoms with van der Waals surface area (Å²) in [5.41, 5.74) is 0.640. The number of amides is 2. The van der Waals surface area contributed by atoms with Crippen LogP contribution in [-0.4, -0.2) is 37.5 Å². The quantitative estimate of drug-likeness (QED) is 0.854. The smallest absolute Gasteiger partial charge is 0.243 e. The minimum atomic E-state index is -0.334. The summed E-state index contributed by atoms with van der Waals surface area (Å²) < 4.78 is 12.9. The molecule has 0 radical (unpaired) electrons. The molecule has 1 heterocycles. The van der Waals surface area contributed by atoms with Crippen LogP contribution >= 0.6 is 0 Å². The van der Waals surface area contributed by atoms with Crippen molar-refractivity contribution < 1.29 is 14.0 Å². The highest BCUT2D eigenvalue weighted by Crippen LogP contribution is 2.17. The van der Waals surface area contributed by atoms with E-state index in [2.05, 4.69) is 10.6 Å². The Labute approximate surface area is 117 Å². The number of carbonyl (C=O) groups excluding carboxylic acids is 2. The highest BCUT2D eigenvalue weighted by atomic mass is 19.1. The molecule has 1 fully saturated rings. The number of halogens is 1. The van der Waals surface area contributed by atoms with Crippen molar-refractivity contribution in [3.8, 4) is 0 Å². The van der Waals surface area contributed by atoms with E-state index < -0.39 is 0 Å². The van der Waals surface area contributed by atoms with Crippen molar-refractivity contribution in [1.29, 1.82) is 0 Å². The predicted octanol–water partition coefficient (Wildman–Crippen LogP) is 0.655. The van der Waals surface area contributed by atoms with Gasteiger partial charge in [-0.1, -0.05) is 0 Å². The average Bonchev–Trinajstić information content (AvgIpc) is 2.85. The average molecular weight is 279 g/mol. The number of carbonyl (C=O) groups is 2. The first-order valence-electron chi connectivity index (χ1n) is 6.51. The van der Waals surface area contributed by atoms with E-state index in [0.29, 0.717) is 18.7 Å². The zero-order valence-corrected chi connectivity index (χ0v) is 11.5. The van der Waals surface area contributed by atoms with Gasteiger partial charge in [0.2, 0.25) is 11.8 Å². The molecule has 0 aromatic heterocycles. The highest BCUT2D eigenvalue weighted by molar-refractivity contribution is 5.97. The van der Waals surface area contributed by atoms with E-state index in [1.165, 1.54) is 24.0 Å². The molecule has 2 amide bonds. The third kappa shape index (κ3) is 3.33. The molecule has 1 aliphatic heterocycles. The Hall–Kier alpha value is -1.95. The second kappa shape index (κ2) is 6.00. The van der Waals surface area contributed by atoms with E-state index in [-0.39, 0.29) is 29.7 Å². The van der Waals surface area contributed by atoms with E-state index in [0.717, 1.165) is 0 Å². The summed E-state index contributed by atoms with van der Waals surface area (Å²) in [6.07, 6.45) is 0.559. The maximum atomic E-state index is 12.9. The van der Waals surface area contributed by atoms with Gasteiger partial charge in [-0.3, -0.25) is 9.59 Å². The lowest BCUT2D eigenvalue weighted by Gasteiger charge is -2.21. The van der Waals surface area contributed by atoms with Crippen molar-refractivity contribution in [2.45, 2.75) is 25.4 Å². The topological polar surface area (TPSA) is 61.4 Å². The predicted molar refractivity (Wildman–Crippen MR) is 73.8 cm³/mol. The van der Waals surface area contributed by atoms with Gasteiger partial charge in [-0.2, -0.15) is 0 Å². The molecule has 5 nitrogen and oxygen atoms in total. The van der Waals surface area contributed by atoms with Crippen LogP contribution in [0, 0.1) is 5.82 Å². The summed E-state index contributed by atoms with van der Waals surface area (Å²) in [6.45, 7) is 2.03. The van der Waals surface area contributed by atoms with Crippen LogP contribution in [-0.2, 0) is 9.59 Å². The van der Waals surface area contributed by atoms with Crippen molar-refractivity contribution in [1.82, 2.24) is 10.6 Å². The highest BCUT2D eigenvalue weighted by Gasteiger charge is 2.31. The van der Waals surface area contributed by atoms with Gasteiger partial charge in [-0.15, -0.1) is 0 Å². The lowest BCUT2D eigenvalue weighted by Crippen LogP contribution is -2.41. The summed E-state index contributed by atoms with van der Waals surface area (Å²) in [6, 6.07) is 5.41. The van der Waals surface area contributed by atoms with Crippen LogP contribution < -0.4 is 15.5 Å². The van der Waals surface area contributed by atoms with Crippen molar-refractivity contribution in [2.75, 3.05) is 18.5 Å². The van der Waals surface area contributed by atoms with Crippen LogP contribution in [0.3, 0.4) is 0 Å². The fourth-order valence-electron chi connectivity index (χ4n) is 2.35. The number of hydrogen-bond donors (Lipinski definition) is 2. The number of rotatable bonds is 3. The normalized spacial score (nSPS) is 21.6. The first kappa shape index (κ1) is 14.5. The van der Waals surface area contributed by atoms with Gasteiger partial charge < -0.3 is 15.5 Å². The SMILES string of the molecule is CC(=O)N[C@@H]1CN[C@H](C(=O)N(C)c2ccc(F)cc2)C1. The number of hydrogen-bond acceptors (Lipinski definition) is 3. The van der Waals surface area contributed by atoms with Crippen molar-refractivity contribution >= 4 is 17.5 Å².